The van der Waals surface area contributed by atoms with Gasteiger partial charge in [-0.2, -0.15) is 0 Å². The lowest BCUT2D eigenvalue weighted by molar-refractivity contribution is 0.0693. The van der Waals surface area contributed by atoms with Gasteiger partial charge >= 0.3 is 5.97 Å². The van der Waals surface area contributed by atoms with Gasteiger partial charge in [0, 0.05) is 7.05 Å². The molecule has 0 aliphatic rings. The normalized spacial score (nSPS) is 11.0. The summed E-state index contributed by atoms with van der Waals surface area (Å²) in [4.78, 5) is 11.2. The number of aromatic carboxylic acids is 1. The molecule has 2 rings (SSSR count). The maximum Gasteiger partial charge on any atom is 0.339 e. The van der Waals surface area contributed by atoms with Crippen LogP contribution in [0.2, 0.25) is 0 Å². The summed E-state index contributed by atoms with van der Waals surface area (Å²) in [5, 5.41) is 9.19. The molecule has 0 radical (unpaired) electrons. The number of carboxylic acid groups (broad SMARTS) is 1. The molecule has 0 fully saturated rings. The van der Waals surface area contributed by atoms with Gasteiger partial charge < -0.3 is 9.84 Å². The summed E-state index contributed by atoms with van der Waals surface area (Å²) in [7, 11) is -0.876. The molecule has 0 aliphatic carbocycles. The molecule has 6 nitrogen and oxygen atoms in total. The first-order valence-corrected chi connectivity index (χ1v) is 8.38. The van der Waals surface area contributed by atoms with Crippen LogP contribution in [0.5, 0.6) is 5.75 Å². The smallest absolute Gasteiger partial charge is 0.339 e. The second-order valence-electron chi connectivity index (χ2n) is 4.90. The van der Waals surface area contributed by atoms with Crippen molar-refractivity contribution >= 4 is 21.7 Å². The number of carbonyl (C=O) groups is 1. The average molecular weight is 335 g/mol. The minimum atomic E-state index is -3.63. The van der Waals surface area contributed by atoms with E-state index in [4.69, 9.17) is 4.74 Å². The molecule has 122 valence electrons. The Morgan fingerprint density at radius 3 is 2.39 bits per heavy atom. The third-order valence-electron chi connectivity index (χ3n) is 3.39. The topological polar surface area (TPSA) is 83.9 Å². The zero-order valence-corrected chi connectivity index (χ0v) is 13.6. The third-order valence-corrected chi connectivity index (χ3v) is 5.13. The number of sulfonamides is 1. The van der Waals surface area contributed by atoms with E-state index in [9.17, 15) is 18.3 Å². The Morgan fingerprint density at radius 1 is 1.17 bits per heavy atom. The number of nitrogens with zero attached hydrogens (tertiary/aromatic N) is 1. The highest BCUT2D eigenvalue weighted by atomic mass is 32.2. The summed E-state index contributed by atoms with van der Waals surface area (Å²) >= 11 is 0. The number of methoxy groups -OCH3 is 1. The Hall–Kier alpha value is -2.54. The number of carboxylic acids is 1. The molecule has 0 aliphatic heterocycles. The van der Waals surface area contributed by atoms with E-state index in [1.807, 2.05) is 6.07 Å². The van der Waals surface area contributed by atoms with Crippen LogP contribution in [0.15, 0.2) is 48.5 Å². The predicted molar refractivity (Wildman–Crippen MR) is 87.4 cm³/mol. The summed E-state index contributed by atoms with van der Waals surface area (Å²) in [6.07, 6.45) is 0. The summed E-state index contributed by atoms with van der Waals surface area (Å²) in [6.45, 7) is 0. The highest BCUT2D eigenvalue weighted by Gasteiger charge is 2.21. The van der Waals surface area contributed by atoms with Crippen LogP contribution in [0.1, 0.15) is 15.9 Å². The van der Waals surface area contributed by atoms with E-state index in [2.05, 4.69) is 0 Å². The number of hydrogen-bond acceptors (Lipinski definition) is 4. The van der Waals surface area contributed by atoms with Crippen molar-refractivity contribution in [2.24, 2.45) is 0 Å². The van der Waals surface area contributed by atoms with Crippen molar-refractivity contribution in [3.8, 4) is 5.75 Å². The molecule has 23 heavy (non-hydrogen) atoms. The summed E-state index contributed by atoms with van der Waals surface area (Å²) in [5.74, 6) is -1.17. The lowest BCUT2D eigenvalue weighted by Gasteiger charge is -2.20. The van der Waals surface area contributed by atoms with Crippen LogP contribution in [0.25, 0.3) is 0 Å². The average Bonchev–Trinajstić information content (AvgIpc) is 2.54. The molecule has 0 bridgehead atoms. The monoisotopic (exact) mass is 335 g/mol. The molecule has 0 spiro atoms. The second-order valence-corrected chi connectivity index (χ2v) is 6.90. The first kappa shape index (κ1) is 16.8. The maximum absolute atomic E-state index is 12.5. The Balaban J connectivity index is 2.34. The maximum atomic E-state index is 12.5. The lowest BCUT2D eigenvalue weighted by Crippen LogP contribution is -2.28. The molecule has 0 saturated carbocycles. The number of benzene rings is 2. The lowest BCUT2D eigenvalue weighted by atomic mass is 10.2. The largest absolute Gasteiger partial charge is 0.496 e. The molecular weight excluding hydrogens is 318 g/mol. The van der Waals surface area contributed by atoms with Gasteiger partial charge in [0.05, 0.1) is 18.6 Å². The third kappa shape index (κ3) is 3.81. The summed E-state index contributed by atoms with van der Waals surface area (Å²) in [6, 6.07) is 13.0. The second kappa shape index (κ2) is 6.70. The van der Waals surface area contributed by atoms with Crippen molar-refractivity contribution < 1.29 is 23.1 Å². The minimum absolute atomic E-state index is 0.0910. The van der Waals surface area contributed by atoms with Crippen molar-refractivity contribution in [3.63, 3.8) is 0 Å². The van der Waals surface area contributed by atoms with Crippen LogP contribution in [0.3, 0.4) is 0 Å². The first-order valence-electron chi connectivity index (χ1n) is 6.77. The van der Waals surface area contributed by atoms with E-state index >= 15 is 0 Å². The van der Waals surface area contributed by atoms with Crippen LogP contribution >= 0.6 is 0 Å². The number of anilines is 1. The van der Waals surface area contributed by atoms with Crippen LogP contribution in [-0.2, 0) is 15.8 Å². The highest BCUT2D eigenvalue weighted by molar-refractivity contribution is 7.92. The SMILES string of the molecule is COc1ccc(N(C)S(=O)(=O)Cc2ccccc2)cc1C(=O)O. The summed E-state index contributed by atoms with van der Waals surface area (Å²) in [5.41, 5.74) is 0.831. The number of hydrogen-bond donors (Lipinski definition) is 1. The first-order chi connectivity index (χ1) is 10.8. The van der Waals surface area contributed by atoms with Gasteiger partial charge in [0.2, 0.25) is 10.0 Å². The fraction of sp³-hybridized carbons (Fsp3) is 0.188. The molecule has 7 heteroatoms. The van der Waals surface area contributed by atoms with Crippen molar-refractivity contribution in [3.05, 3.63) is 59.7 Å². The van der Waals surface area contributed by atoms with Crippen molar-refractivity contribution in [1.82, 2.24) is 0 Å². The molecule has 0 aromatic heterocycles. The molecule has 0 unspecified atom stereocenters. The molecular formula is C16H17NO5S. The number of rotatable bonds is 6. The molecule has 2 aromatic rings. The quantitative estimate of drug-likeness (QED) is 0.876. The molecule has 1 N–H and O–H groups in total. The van der Waals surface area contributed by atoms with Gasteiger partial charge in [0.25, 0.3) is 0 Å². The van der Waals surface area contributed by atoms with Gasteiger partial charge in [-0.1, -0.05) is 30.3 Å². The van der Waals surface area contributed by atoms with E-state index in [-0.39, 0.29) is 22.8 Å². The van der Waals surface area contributed by atoms with Gasteiger partial charge in [0.1, 0.15) is 11.3 Å². The van der Waals surface area contributed by atoms with E-state index in [1.54, 1.807) is 24.3 Å². The van der Waals surface area contributed by atoms with Gasteiger partial charge in [-0.3, -0.25) is 4.31 Å². The van der Waals surface area contributed by atoms with E-state index in [1.165, 1.54) is 32.4 Å². The van der Waals surface area contributed by atoms with Crippen LogP contribution in [-0.4, -0.2) is 33.7 Å². The fourth-order valence-corrected chi connectivity index (χ4v) is 3.34. The van der Waals surface area contributed by atoms with Gasteiger partial charge in [-0.25, -0.2) is 13.2 Å². The molecule has 0 amide bonds. The Kier molecular flexibility index (Phi) is 4.90. The van der Waals surface area contributed by atoms with E-state index in [0.29, 0.717) is 5.56 Å². The molecule has 0 atom stereocenters. The van der Waals surface area contributed by atoms with Crippen LogP contribution in [0.4, 0.5) is 5.69 Å². The molecule has 0 heterocycles. The minimum Gasteiger partial charge on any atom is -0.496 e. The van der Waals surface area contributed by atoms with Crippen molar-refractivity contribution in [2.45, 2.75) is 5.75 Å². The van der Waals surface area contributed by atoms with Gasteiger partial charge in [-0.05, 0) is 23.8 Å². The van der Waals surface area contributed by atoms with Crippen LogP contribution in [0, 0.1) is 0 Å². The van der Waals surface area contributed by atoms with Crippen molar-refractivity contribution in [2.75, 3.05) is 18.5 Å². The van der Waals surface area contributed by atoms with E-state index in [0.717, 1.165) is 4.31 Å². The molecule has 2 aromatic carbocycles. The predicted octanol–water partition coefficient (Wildman–Crippen LogP) is 2.36. The highest BCUT2D eigenvalue weighted by Crippen LogP contribution is 2.26. The molecule has 0 saturated heterocycles. The van der Waals surface area contributed by atoms with Crippen LogP contribution < -0.4 is 9.04 Å². The zero-order chi connectivity index (χ0) is 17.0. The van der Waals surface area contributed by atoms with Gasteiger partial charge in [-0.15, -0.1) is 0 Å². The Bertz CT molecular complexity index is 802. The zero-order valence-electron chi connectivity index (χ0n) is 12.8. The fourth-order valence-electron chi connectivity index (χ4n) is 2.10. The Morgan fingerprint density at radius 2 is 1.83 bits per heavy atom. The number of ether oxygens (including phenoxy) is 1. The summed E-state index contributed by atoms with van der Waals surface area (Å²) < 4.78 is 31.0. The van der Waals surface area contributed by atoms with E-state index < -0.39 is 16.0 Å². The Labute approximate surface area is 135 Å². The standard InChI is InChI=1S/C16H17NO5S/c1-17(23(20,21)11-12-6-4-3-5-7-12)13-8-9-15(22-2)14(10-13)16(18)19/h3-10H,11H2,1-2H3,(H,18,19). The van der Waals surface area contributed by atoms with Crippen molar-refractivity contribution in [1.29, 1.82) is 0 Å². The van der Waals surface area contributed by atoms with Gasteiger partial charge in [0.15, 0.2) is 0 Å².